The number of hydrogen-bond donors (Lipinski definition) is 2. The van der Waals surface area contributed by atoms with Crippen molar-refractivity contribution in [3.8, 4) is 0 Å². The number of rotatable bonds is 4. The number of carboxylic acids is 1. The van der Waals surface area contributed by atoms with Crippen LogP contribution in [-0.2, 0) is 5.60 Å². The number of aliphatic hydroxyl groups is 1. The fourth-order valence-electron chi connectivity index (χ4n) is 2.57. The zero-order chi connectivity index (χ0) is 14.0. The van der Waals surface area contributed by atoms with E-state index in [0.29, 0.717) is 24.5 Å². The summed E-state index contributed by atoms with van der Waals surface area (Å²) in [6.07, 6.45) is 1.15. The van der Waals surface area contributed by atoms with Crippen molar-refractivity contribution in [2.45, 2.75) is 32.3 Å². The Labute approximate surface area is 112 Å². The average Bonchev–Trinajstić information content (AvgIpc) is 2.82. The summed E-state index contributed by atoms with van der Waals surface area (Å²) in [5.74, 6) is -0.248. The zero-order valence-electron chi connectivity index (χ0n) is 11.4. The Morgan fingerprint density at radius 3 is 2.53 bits per heavy atom. The van der Waals surface area contributed by atoms with Crippen molar-refractivity contribution in [1.29, 1.82) is 0 Å². The number of hydrogen-bond acceptors (Lipinski definition) is 4. The number of aromatic carboxylic acids is 1. The van der Waals surface area contributed by atoms with E-state index in [1.165, 1.54) is 6.07 Å². The van der Waals surface area contributed by atoms with Crippen molar-refractivity contribution >= 4 is 5.97 Å². The fraction of sp³-hybridized carbons (Fsp3) is 0.643. The zero-order valence-corrected chi connectivity index (χ0v) is 11.4. The monoisotopic (exact) mass is 267 g/mol. The lowest BCUT2D eigenvalue weighted by Crippen LogP contribution is -2.43. The number of likely N-dealkylation sites (tertiary alicyclic amines) is 1. The van der Waals surface area contributed by atoms with E-state index >= 15 is 0 Å². The molecular weight excluding hydrogens is 246 g/mol. The number of nitrogens with zero attached hydrogens (tertiary/aromatic N) is 1. The van der Waals surface area contributed by atoms with Crippen LogP contribution in [0.2, 0.25) is 0 Å². The van der Waals surface area contributed by atoms with Crippen LogP contribution < -0.4 is 0 Å². The molecule has 1 saturated heterocycles. The molecule has 1 aromatic heterocycles. The molecule has 0 spiro atoms. The molecule has 5 heteroatoms. The van der Waals surface area contributed by atoms with Crippen LogP contribution in [0, 0.1) is 5.92 Å². The van der Waals surface area contributed by atoms with Gasteiger partial charge in [-0.1, -0.05) is 13.8 Å². The van der Waals surface area contributed by atoms with Crippen LogP contribution in [0.15, 0.2) is 16.5 Å². The van der Waals surface area contributed by atoms with Gasteiger partial charge in [-0.2, -0.15) is 0 Å². The van der Waals surface area contributed by atoms with E-state index in [0.717, 1.165) is 19.6 Å². The lowest BCUT2D eigenvalue weighted by molar-refractivity contribution is -0.0443. The maximum absolute atomic E-state index is 10.8. The molecule has 5 nitrogen and oxygen atoms in total. The van der Waals surface area contributed by atoms with E-state index < -0.39 is 11.6 Å². The Morgan fingerprint density at radius 2 is 2.05 bits per heavy atom. The van der Waals surface area contributed by atoms with E-state index in [1.807, 2.05) is 0 Å². The molecule has 1 fully saturated rings. The van der Waals surface area contributed by atoms with Crippen molar-refractivity contribution in [2.75, 3.05) is 19.6 Å². The van der Waals surface area contributed by atoms with Crippen LogP contribution in [0.1, 0.15) is 43.0 Å². The van der Waals surface area contributed by atoms with Crippen LogP contribution in [0.4, 0.5) is 0 Å². The van der Waals surface area contributed by atoms with Gasteiger partial charge in [0.25, 0.3) is 0 Å². The maximum atomic E-state index is 10.8. The van der Waals surface area contributed by atoms with E-state index in [2.05, 4.69) is 18.7 Å². The molecular formula is C14H21NO4. The average molecular weight is 267 g/mol. The predicted molar refractivity (Wildman–Crippen MR) is 70.1 cm³/mol. The summed E-state index contributed by atoms with van der Waals surface area (Å²) < 4.78 is 5.24. The van der Waals surface area contributed by atoms with Gasteiger partial charge in [0.05, 0.1) is 0 Å². The highest BCUT2D eigenvalue weighted by Gasteiger charge is 2.37. The normalized spacial score (nSPS) is 19.8. The lowest BCUT2D eigenvalue weighted by atomic mass is 9.89. The minimum Gasteiger partial charge on any atom is -0.475 e. The third-order valence-corrected chi connectivity index (χ3v) is 3.58. The second-order valence-electron chi connectivity index (χ2n) is 5.70. The van der Waals surface area contributed by atoms with Gasteiger partial charge >= 0.3 is 5.97 Å². The summed E-state index contributed by atoms with van der Waals surface area (Å²) in [5.41, 5.74) is -1.03. The summed E-state index contributed by atoms with van der Waals surface area (Å²) in [6, 6.07) is 2.97. The van der Waals surface area contributed by atoms with Gasteiger partial charge in [-0.25, -0.2) is 4.79 Å². The lowest BCUT2D eigenvalue weighted by Gasteiger charge is -2.37. The topological polar surface area (TPSA) is 73.9 Å². The van der Waals surface area contributed by atoms with Crippen molar-refractivity contribution in [3.05, 3.63) is 23.7 Å². The molecule has 0 aliphatic carbocycles. The van der Waals surface area contributed by atoms with Gasteiger partial charge in [0.15, 0.2) is 0 Å². The maximum Gasteiger partial charge on any atom is 0.371 e. The Balaban J connectivity index is 2.02. The second-order valence-corrected chi connectivity index (χ2v) is 5.70. The van der Waals surface area contributed by atoms with Crippen LogP contribution in [0.5, 0.6) is 0 Å². The minimum absolute atomic E-state index is 0.118. The van der Waals surface area contributed by atoms with Gasteiger partial charge in [-0.05, 0) is 30.9 Å². The molecule has 1 aliphatic rings. The van der Waals surface area contributed by atoms with Crippen LogP contribution in [0.3, 0.4) is 0 Å². The summed E-state index contributed by atoms with van der Waals surface area (Å²) in [7, 11) is 0. The molecule has 0 aromatic carbocycles. The highest BCUT2D eigenvalue weighted by Crippen LogP contribution is 2.34. The summed E-state index contributed by atoms with van der Waals surface area (Å²) in [6.45, 7) is 6.98. The Kier molecular flexibility index (Phi) is 3.96. The standard InChI is InChI=1S/C14H21NO4/c1-10(2)9-15-7-5-14(18,6-8-15)12-4-3-11(19-12)13(16)17/h3-4,10,18H,5-9H2,1-2H3,(H,16,17). The van der Waals surface area contributed by atoms with E-state index in [-0.39, 0.29) is 5.76 Å². The molecule has 1 aromatic rings. The second kappa shape index (κ2) is 5.35. The molecule has 2 rings (SSSR count). The first-order valence-corrected chi connectivity index (χ1v) is 6.69. The molecule has 2 heterocycles. The molecule has 106 valence electrons. The molecule has 0 amide bonds. The van der Waals surface area contributed by atoms with E-state index in [4.69, 9.17) is 9.52 Å². The number of piperidine rings is 1. The first-order chi connectivity index (χ1) is 8.90. The van der Waals surface area contributed by atoms with Crippen molar-refractivity contribution in [2.24, 2.45) is 5.92 Å². The minimum atomic E-state index is -1.10. The van der Waals surface area contributed by atoms with Gasteiger partial charge in [-0.3, -0.25) is 0 Å². The first kappa shape index (κ1) is 14.1. The Hall–Kier alpha value is -1.33. The molecule has 19 heavy (non-hydrogen) atoms. The molecule has 0 unspecified atom stereocenters. The molecule has 1 aliphatic heterocycles. The highest BCUT2D eigenvalue weighted by atomic mass is 16.4. The predicted octanol–water partition coefficient (Wildman–Crippen LogP) is 1.92. The number of carbonyl (C=O) groups is 1. The number of furan rings is 1. The third kappa shape index (κ3) is 3.16. The quantitative estimate of drug-likeness (QED) is 0.871. The largest absolute Gasteiger partial charge is 0.475 e. The van der Waals surface area contributed by atoms with Gasteiger partial charge < -0.3 is 19.5 Å². The summed E-state index contributed by atoms with van der Waals surface area (Å²) in [5, 5.41) is 19.4. The SMILES string of the molecule is CC(C)CN1CCC(O)(c2ccc(C(=O)O)o2)CC1. The van der Waals surface area contributed by atoms with Gasteiger partial charge in [-0.15, -0.1) is 0 Å². The van der Waals surface area contributed by atoms with E-state index in [9.17, 15) is 9.90 Å². The highest BCUT2D eigenvalue weighted by molar-refractivity contribution is 5.84. The smallest absolute Gasteiger partial charge is 0.371 e. The molecule has 0 atom stereocenters. The number of carboxylic acid groups (broad SMARTS) is 1. The van der Waals surface area contributed by atoms with Crippen LogP contribution >= 0.6 is 0 Å². The first-order valence-electron chi connectivity index (χ1n) is 6.69. The Morgan fingerprint density at radius 1 is 1.42 bits per heavy atom. The van der Waals surface area contributed by atoms with Crippen LogP contribution in [0.25, 0.3) is 0 Å². The third-order valence-electron chi connectivity index (χ3n) is 3.58. The molecule has 2 N–H and O–H groups in total. The van der Waals surface area contributed by atoms with Crippen molar-refractivity contribution in [1.82, 2.24) is 4.90 Å². The molecule has 0 bridgehead atoms. The van der Waals surface area contributed by atoms with Gasteiger partial charge in [0.1, 0.15) is 11.4 Å². The van der Waals surface area contributed by atoms with Gasteiger partial charge in [0, 0.05) is 19.6 Å². The van der Waals surface area contributed by atoms with Crippen LogP contribution in [-0.4, -0.2) is 40.7 Å². The molecule has 0 radical (unpaired) electrons. The van der Waals surface area contributed by atoms with E-state index in [1.54, 1.807) is 6.07 Å². The van der Waals surface area contributed by atoms with Crippen molar-refractivity contribution < 1.29 is 19.4 Å². The summed E-state index contributed by atoms with van der Waals surface area (Å²) in [4.78, 5) is 13.1. The van der Waals surface area contributed by atoms with Gasteiger partial charge in [0.2, 0.25) is 5.76 Å². The Bertz CT molecular complexity index is 444. The summed E-state index contributed by atoms with van der Waals surface area (Å²) >= 11 is 0. The fourth-order valence-corrected chi connectivity index (χ4v) is 2.57. The molecule has 0 saturated carbocycles. The van der Waals surface area contributed by atoms with Crippen molar-refractivity contribution in [3.63, 3.8) is 0 Å².